The number of nitrogens with two attached hydrogens (primary N) is 1. The van der Waals surface area contributed by atoms with Crippen LogP contribution in [0.5, 0.6) is 0 Å². The third-order valence-corrected chi connectivity index (χ3v) is 4.36. The summed E-state index contributed by atoms with van der Waals surface area (Å²) in [5.74, 6) is -0.177. The van der Waals surface area contributed by atoms with Gasteiger partial charge in [-0.1, -0.05) is 0 Å². The maximum atomic E-state index is 11.7. The summed E-state index contributed by atoms with van der Waals surface area (Å²) in [6.45, 7) is -0.651. The first-order valence-electron chi connectivity index (χ1n) is 8.04. The van der Waals surface area contributed by atoms with Crippen LogP contribution in [0, 0.1) is 0 Å². The molecule has 0 unspecified atom stereocenters. The molecule has 0 aliphatic carbocycles. The van der Waals surface area contributed by atoms with E-state index in [0.717, 1.165) is 0 Å². The highest BCUT2D eigenvalue weighted by atomic mass is 31.2. The van der Waals surface area contributed by atoms with Crippen LogP contribution in [0.3, 0.4) is 0 Å². The summed E-state index contributed by atoms with van der Waals surface area (Å²) in [7, 11) is -4.76. The molecular weight excluding hydrogens is 413 g/mol. The van der Waals surface area contributed by atoms with E-state index in [1.807, 2.05) is 0 Å². The summed E-state index contributed by atoms with van der Waals surface area (Å²) in [5, 5.41) is 20.1. The van der Waals surface area contributed by atoms with Gasteiger partial charge in [0, 0.05) is 12.4 Å². The maximum absolute atomic E-state index is 11.7. The van der Waals surface area contributed by atoms with Crippen molar-refractivity contribution in [3.8, 4) is 0 Å². The van der Waals surface area contributed by atoms with E-state index in [2.05, 4.69) is 29.4 Å². The number of aromatic amines is 2. The van der Waals surface area contributed by atoms with E-state index in [4.69, 9.17) is 20.3 Å². The highest BCUT2D eigenvalue weighted by molar-refractivity contribution is 7.46. The lowest BCUT2D eigenvalue weighted by Crippen LogP contribution is -2.33. The first-order chi connectivity index (χ1) is 13.7. The largest absolute Gasteiger partial charge is 0.469 e. The molecule has 0 amide bonds. The van der Waals surface area contributed by atoms with E-state index in [1.165, 1.54) is 10.9 Å². The summed E-state index contributed by atoms with van der Waals surface area (Å²) in [6, 6.07) is 0. The number of hydrogen-bond acceptors (Lipinski definition) is 10. The Balaban J connectivity index is 0.000000419. The number of anilines is 1. The number of hydrogen-bond donors (Lipinski definition) is 7. The van der Waals surface area contributed by atoms with Crippen LogP contribution in [-0.2, 0) is 13.8 Å². The minimum absolute atomic E-state index is 0.0176. The number of nitrogens with zero attached hydrogens (tertiary/aromatic N) is 4. The number of nitrogen functional groups attached to an aromatic ring is 1. The number of H-pyrrole nitrogens is 2. The van der Waals surface area contributed by atoms with Crippen molar-refractivity contribution in [2.75, 3.05) is 12.3 Å². The second-order valence-electron chi connectivity index (χ2n) is 5.87. The number of aromatic nitrogens is 6. The quantitative estimate of drug-likeness (QED) is 0.219. The molecule has 1 aliphatic rings. The molecule has 0 spiro atoms. The van der Waals surface area contributed by atoms with Gasteiger partial charge >= 0.3 is 7.82 Å². The van der Waals surface area contributed by atoms with Crippen LogP contribution in [0.25, 0.3) is 11.2 Å². The number of imidazole rings is 2. The van der Waals surface area contributed by atoms with Crippen LogP contribution in [0.4, 0.5) is 5.95 Å². The maximum Gasteiger partial charge on any atom is 0.469 e. The van der Waals surface area contributed by atoms with E-state index in [-0.39, 0.29) is 17.1 Å². The fourth-order valence-corrected chi connectivity index (χ4v) is 2.95. The van der Waals surface area contributed by atoms with Gasteiger partial charge in [0.2, 0.25) is 5.95 Å². The lowest BCUT2D eigenvalue weighted by molar-refractivity contribution is -0.0503. The zero-order valence-corrected chi connectivity index (χ0v) is 15.5. The molecule has 0 aromatic carbocycles. The topological polar surface area (TPSA) is 235 Å². The van der Waals surface area contributed by atoms with Crippen molar-refractivity contribution in [2.24, 2.45) is 0 Å². The summed E-state index contributed by atoms with van der Waals surface area (Å²) >= 11 is 0. The minimum atomic E-state index is -4.76. The zero-order chi connectivity index (χ0) is 21.2. The smallest absolute Gasteiger partial charge is 0.387 e. The van der Waals surface area contributed by atoms with Crippen LogP contribution in [0.1, 0.15) is 6.23 Å². The Morgan fingerprint density at radius 3 is 2.69 bits per heavy atom. The number of phosphoric ester groups is 1. The molecule has 1 aliphatic heterocycles. The average molecular weight is 431 g/mol. The molecule has 4 rings (SSSR count). The number of aliphatic hydroxyl groups excluding tert-OH is 2. The molecule has 3 aromatic heterocycles. The SMILES string of the molecule is Nc1nc2c(ncn2[C@@H]2O[C@H](COP(=O)(O)O)[C@@H](O)[C@H]2O)c(=O)[nH]1.c1c[nH]cn1. The van der Waals surface area contributed by atoms with E-state index in [1.54, 1.807) is 18.7 Å². The molecule has 4 atom stereocenters. The number of nitrogens with one attached hydrogen (secondary N) is 2. The molecule has 16 heteroatoms. The molecule has 0 saturated carbocycles. The Hall–Kier alpha value is -2.65. The van der Waals surface area contributed by atoms with Crippen LogP contribution in [-0.4, -0.2) is 74.4 Å². The van der Waals surface area contributed by atoms with Crippen molar-refractivity contribution in [3.63, 3.8) is 0 Å². The molecule has 0 radical (unpaired) electrons. The first-order valence-corrected chi connectivity index (χ1v) is 9.57. The first kappa shape index (κ1) is 21.1. The second-order valence-corrected chi connectivity index (χ2v) is 7.11. The summed E-state index contributed by atoms with van der Waals surface area (Å²) in [6.07, 6.45) is 0.867. The third kappa shape index (κ3) is 4.86. The number of aliphatic hydroxyl groups is 2. The number of fused-ring (bicyclic) bond motifs is 1. The molecule has 0 bridgehead atoms. The van der Waals surface area contributed by atoms with Crippen molar-refractivity contribution in [1.82, 2.24) is 29.5 Å². The van der Waals surface area contributed by atoms with Crippen LogP contribution >= 0.6 is 7.82 Å². The van der Waals surface area contributed by atoms with Crippen molar-refractivity contribution in [2.45, 2.75) is 24.5 Å². The molecule has 158 valence electrons. The van der Waals surface area contributed by atoms with Gasteiger partial charge in [0.05, 0.1) is 19.3 Å². The van der Waals surface area contributed by atoms with Crippen molar-refractivity contribution >= 4 is 24.9 Å². The molecule has 1 fully saturated rings. The van der Waals surface area contributed by atoms with Gasteiger partial charge in [-0.15, -0.1) is 0 Å². The Morgan fingerprint density at radius 2 is 2.10 bits per heavy atom. The second kappa shape index (κ2) is 8.38. The fourth-order valence-electron chi connectivity index (χ4n) is 2.61. The Labute approximate surface area is 161 Å². The number of phosphoric acid groups is 1. The summed E-state index contributed by atoms with van der Waals surface area (Å²) < 4.78 is 21.6. The highest BCUT2D eigenvalue weighted by Gasteiger charge is 2.45. The van der Waals surface area contributed by atoms with Gasteiger partial charge in [0.15, 0.2) is 17.4 Å². The predicted octanol–water partition coefficient (Wildman–Crippen LogP) is -2.16. The van der Waals surface area contributed by atoms with Crippen LogP contribution in [0.2, 0.25) is 0 Å². The van der Waals surface area contributed by atoms with Crippen molar-refractivity contribution < 1.29 is 33.8 Å². The van der Waals surface area contributed by atoms with Gasteiger partial charge in [-0.2, -0.15) is 4.98 Å². The third-order valence-electron chi connectivity index (χ3n) is 3.87. The van der Waals surface area contributed by atoms with Crippen LogP contribution < -0.4 is 11.3 Å². The summed E-state index contributed by atoms with van der Waals surface area (Å²) in [5.41, 5.74) is 4.84. The van der Waals surface area contributed by atoms with E-state index in [9.17, 15) is 19.6 Å². The van der Waals surface area contributed by atoms with Gasteiger partial charge in [-0.3, -0.25) is 18.9 Å². The molecule has 4 heterocycles. The van der Waals surface area contributed by atoms with Crippen molar-refractivity contribution in [1.29, 1.82) is 0 Å². The van der Waals surface area contributed by atoms with E-state index >= 15 is 0 Å². The highest BCUT2D eigenvalue weighted by Crippen LogP contribution is 2.38. The van der Waals surface area contributed by atoms with Gasteiger partial charge in [0.25, 0.3) is 5.56 Å². The molecule has 8 N–H and O–H groups in total. The van der Waals surface area contributed by atoms with Gasteiger partial charge in [0.1, 0.15) is 18.3 Å². The molecular formula is C13H18N7O8P. The number of ether oxygens (including phenoxy) is 1. The van der Waals surface area contributed by atoms with E-state index < -0.39 is 44.5 Å². The zero-order valence-electron chi connectivity index (χ0n) is 14.6. The van der Waals surface area contributed by atoms with E-state index in [0.29, 0.717) is 0 Å². The number of rotatable bonds is 4. The molecule has 3 aromatic rings. The minimum Gasteiger partial charge on any atom is -0.387 e. The van der Waals surface area contributed by atoms with Gasteiger partial charge in [-0.05, 0) is 0 Å². The fraction of sp³-hybridized carbons (Fsp3) is 0.385. The Bertz CT molecular complexity index is 1030. The Kier molecular flexibility index (Phi) is 6.09. The predicted molar refractivity (Wildman–Crippen MR) is 95.1 cm³/mol. The monoisotopic (exact) mass is 431 g/mol. The normalized spacial score (nSPS) is 24.4. The van der Waals surface area contributed by atoms with Crippen LogP contribution in [0.15, 0.2) is 29.8 Å². The van der Waals surface area contributed by atoms with Crippen molar-refractivity contribution in [3.05, 3.63) is 35.4 Å². The van der Waals surface area contributed by atoms with Gasteiger partial charge < -0.3 is 35.5 Å². The average Bonchev–Trinajstić information content (AvgIpc) is 3.37. The van der Waals surface area contributed by atoms with Gasteiger partial charge in [-0.25, -0.2) is 14.5 Å². The molecule has 15 nitrogen and oxygen atoms in total. The standard InChI is InChI=1S/C10H14N5O8P.C3H4N2/c11-10-13-7-4(8(18)14-10)12-2-15(7)9-6(17)5(16)3(23-9)1-22-24(19,20)21;1-2-5-3-4-1/h2-3,5-6,9,16-17H,1H2,(H2,19,20,21)(H3,11,13,14,18);1-3H,(H,4,5)/t3-,5-,6-,9-;/m1./s1. The summed E-state index contributed by atoms with van der Waals surface area (Å²) in [4.78, 5) is 45.6. The Morgan fingerprint density at radius 1 is 1.34 bits per heavy atom. The lowest BCUT2D eigenvalue weighted by atomic mass is 10.1. The molecule has 29 heavy (non-hydrogen) atoms. The molecule has 1 saturated heterocycles. The lowest BCUT2D eigenvalue weighted by Gasteiger charge is -2.16.